The van der Waals surface area contributed by atoms with E-state index < -0.39 is 0 Å². The molecule has 0 fully saturated rings. The molecule has 2 N–H and O–H groups in total. The smallest absolute Gasteiger partial charge is 0.122 e. The van der Waals surface area contributed by atoms with Gasteiger partial charge >= 0.3 is 0 Å². The first kappa shape index (κ1) is 14.8. The fourth-order valence-electron chi connectivity index (χ4n) is 2.02. The van der Waals surface area contributed by atoms with Gasteiger partial charge in [-0.15, -0.1) is 0 Å². The second kappa shape index (κ2) is 6.64. The number of hydrogen-bond donors (Lipinski definition) is 1. The first-order valence-electron chi connectivity index (χ1n) is 6.53. The Morgan fingerprint density at radius 2 is 1.72 bits per heavy atom. The number of hydrogen-bond acceptors (Lipinski definition) is 3. The Morgan fingerprint density at radius 3 is 2.17 bits per heavy atom. The Labute approximate surface area is 110 Å². The van der Waals surface area contributed by atoms with Gasteiger partial charge < -0.3 is 15.2 Å². The van der Waals surface area contributed by atoms with Crippen molar-refractivity contribution in [3.63, 3.8) is 0 Å². The molecule has 0 bridgehead atoms. The minimum Gasteiger partial charge on any atom is -0.496 e. The van der Waals surface area contributed by atoms with Gasteiger partial charge in [-0.2, -0.15) is 0 Å². The van der Waals surface area contributed by atoms with Crippen LogP contribution in [0.25, 0.3) is 0 Å². The highest BCUT2D eigenvalue weighted by molar-refractivity contribution is 5.48. The van der Waals surface area contributed by atoms with Crippen LogP contribution in [0.15, 0.2) is 12.1 Å². The van der Waals surface area contributed by atoms with E-state index in [4.69, 9.17) is 15.2 Å². The number of methoxy groups -OCH3 is 2. The van der Waals surface area contributed by atoms with Gasteiger partial charge in [0.25, 0.3) is 0 Å². The van der Waals surface area contributed by atoms with Gasteiger partial charge in [-0.25, -0.2) is 0 Å². The molecule has 102 valence electrons. The van der Waals surface area contributed by atoms with E-state index >= 15 is 0 Å². The van der Waals surface area contributed by atoms with E-state index in [9.17, 15) is 0 Å². The Morgan fingerprint density at radius 1 is 1.11 bits per heavy atom. The van der Waals surface area contributed by atoms with Gasteiger partial charge in [0, 0.05) is 11.6 Å². The molecule has 0 saturated heterocycles. The predicted octanol–water partition coefficient (Wildman–Crippen LogP) is 3.11. The minimum absolute atomic E-state index is 0.161. The molecule has 0 unspecified atom stereocenters. The molecule has 0 aliphatic rings. The van der Waals surface area contributed by atoms with Crippen molar-refractivity contribution in [3.8, 4) is 11.5 Å². The number of benzene rings is 1. The quantitative estimate of drug-likeness (QED) is 0.845. The summed E-state index contributed by atoms with van der Waals surface area (Å²) in [6.07, 6.45) is 1.77. The summed E-state index contributed by atoms with van der Waals surface area (Å²) in [5, 5.41) is 0. The summed E-state index contributed by atoms with van der Waals surface area (Å²) >= 11 is 0. The summed E-state index contributed by atoms with van der Waals surface area (Å²) in [5.74, 6) is 2.23. The Balaban J connectivity index is 3.17. The molecule has 0 spiro atoms. The van der Waals surface area contributed by atoms with E-state index in [1.54, 1.807) is 14.2 Å². The Kier molecular flexibility index (Phi) is 5.48. The van der Waals surface area contributed by atoms with Crippen molar-refractivity contribution in [3.05, 3.63) is 23.3 Å². The summed E-state index contributed by atoms with van der Waals surface area (Å²) in [6, 6.07) is 4.29. The maximum absolute atomic E-state index is 6.02. The van der Waals surface area contributed by atoms with Gasteiger partial charge in [-0.1, -0.05) is 20.8 Å². The molecule has 1 aromatic rings. The molecule has 0 heterocycles. The van der Waals surface area contributed by atoms with E-state index in [2.05, 4.69) is 32.9 Å². The van der Waals surface area contributed by atoms with Crippen LogP contribution in [0, 0.1) is 0 Å². The van der Waals surface area contributed by atoms with Crippen LogP contribution in [0.2, 0.25) is 0 Å². The molecule has 0 saturated carbocycles. The third kappa shape index (κ3) is 3.39. The van der Waals surface area contributed by atoms with Crippen LogP contribution >= 0.6 is 0 Å². The van der Waals surface area contributed by atoms with Crippen molar-refractivity contribution in [2.75, 3.05) is 14.2 Å². The summed E-state index contributed by atoms with van der Waals surface area (Å²) in [6.45, 7) is 6.39. The van der Waals surface area contributed by atoms with Gasteiger partial charge in [0.2, 0.25) is 0 Å². The van der Waals surface area contributed by atoms with Gasteiger partial charge in [0.1, 0.15) is 11.5 Å². The van der Waals surface area contributed by atoms with Crippen molar-refractivity contribution < 1.29 is 9.47 Å². The van der Waals surface area contributed by atoms with Crippen molar-refractivity contribution in [1.29, 1.82) is 0 Å². The Hall–Kier alpha value is -1.22. The summed E-state index contributed by atoms with van der Waals surface area (Å²) in [5.41, 5.74) is 8.31. The molecular weight excluding hydrogens is 226 g/mol. The molecule has 0 radical (unpaired) electrons. The van der Waals surface area contributed by atoms with E-state index in [-0.39, 0.29) is 6.04 Å². The summed E-state index contributed by atoms with van der Waals surface area (Å²) < 4.78 is 10.9. The lowest BCUT2D eigenvalue weighted by molar-refractivity contribution is 0.391. The fourth-order valence-corrected chi connectivity index (χ4v) is 2.02. The lowest BCUT2D eigenvalue weighted by Crippen LogP contribution is -2.21. The minimum atomic E-state index is 0.161. The Bertz CT molecular complexity index is 388. The molecule has 1 aromatic carbocycles. The van der Waals surface area contributed by atoms with Crippen LogP contribution in [0.5, 0.6) is 11.5 Å². The molecule has 3 heteroatoms. The molecule has 0 aliphatic heterocycles. The van der Waals surface area contributed by atoms with Crippen molar-refractivity contribution in [2.45, 2.75) is 45.6 Å². The van der Waals surface area contributed by atoms with E-state index in [0.717, 1.165) is 29.9 Å². The van der Waals surface area contributed by atoms with Gasteiger partial charge in [-0.05, 0) is 36.5 Å². The van der Waals surface area contributed by atoms with Crippen LogP contribution < -0.4 is 15.2 Å². The maximum atomic E-state index is 6.02. The predicted molar refractivity (Wildman–Crippen MR) is 75.6 cm³/mol. The zero-order valence-corrected chi connectivity index (χ0v) is 12.1. The molecule has 18 heavy (non-hydrogen) atoms. The van der Waals surface area contributed by atoms with Gasteiger partial charge in [0.15, 0.2) is 0 Å². The van der Waals surface area contributed by atoms with Crippen LogP contribution in [0.3, 0.4) is 0 Å². The highest BCUT2D eigenvalue weighted by Crippen LogP contribution is 2.34. The van der Waals surface area contributed by atoms with Crippen LogP contribution in [-0.4, -0.2) is 20.3 Å². The van der Waals surface area contributed by atoms with E-state index in [1.807, 2.05) is 0 Å². The largest absolute Gasteiger partial charge is 0.496 e. The molecule has 3 nitrogen and oxygen atoms in total. The zero-order valence-electron chi connectivity index (χ0n) is 12.1. The SMILES string of the molecule is CC[C@@H](N)Cc1cc(OC)c(C(C)C)cc1OC. The lowest BCUT2D eigenvalue weighted by Gasteiger charge is -2.18. The first-order valence-corrected chi connectivity index (χ1v) is 6.53. The third-order valence-electron chi connectivity index (χ3n) is 3.26. The van der Waals surface area contributed by atoms with Crippen molar-refractivity contribution >= 4 is 0 Å². The zero-order chi connectivity index (χ0) is 13.7. The second-order valence-corrected chi connectivity index (χ2v) is 4.93. The second-order valence-electron chi connectivity index (χ2n) is 4.93. The van der Waals surface area contributed by atoms with E-state index in [0.29, 0.717) is 5.92 Å². The summed E-state index contributed by atoms with van der Waals surface area (Å²) in [7, 11) is 3.41. The highest BCUT2D eigenvalue weighted by atomic mass is 16.5. The van der Waals surface area contributed by atoms with Crippen LogP contribution in [0.1, 0.15) is 44.2 Å². The van der Waals surface area contributed by atoms with Crippen molar-refractivity contribution in [1.82, 2.24) is 0 Å². The fraction of sp³-hybridized carbons (Fsp3) is 0.600. The van der Waals surface area contributed by atoms with E-state index in [1.165, 1.54) is 5.56 Å². The molecule has 0 amide bonds. The van der Waals surface area contributed by atoms with Crippen LogP contribution in [0.4, 0.5) is 0 Å². The number of nitrogens with two attached hydrogens (primary N) is 1. The standard InChI is InChI=1S/C15H25NO2/c1-6-12(16)7-11-8-15(18-5)13(10(2)3)9-14(11)17-4/h8-10,12H,6-7,16H2,1-5H3/t12-/m1/s1. The topological polar surface area (TPSA) is 44.5 Å². The molecule has 1 atom stereocenters. The molecular formula is C15H25NO2. The highest BCUT2D eigenvalue weighted by Gasteiger charge is 2.15. The monoisotopic (exact) mass is 251 g/mol. The van der Waals surface area contributed by atoms with Crippen molar-refractivity contribution in [2.24, 2.45) is 5.73 Å². The summed E-state index contributed by atoms with van der Waals surface area (Å²) in [4.78, 5) is 0. The number of rotatable bonds is 6. The molecule has 1 rings (SSSR count). The average Bonchev–Trinajstić information content (AvgIpc) is 2.37. The normalized spacial score (nSPS) is 12.6. The van der Waals surface area contributed by atoms with Gasteiger partial charge in [-0.3, -0.25) is 0 Å². The maximum Gasteiger partial charge on any atom is 0.122 e. The third-order valence-corrected chi connectivity index (χ3v) is 3.26. The number of ether oxygens (including phenoxy) is 2. The van der Waals surface area contributed by atoms with Crippen LogP contribution in [-0.2, 0) is 6.42 Å². The average molecular weight is 251 g/mol. The lowest BCUT2D eigenvalue weighted by atomic mass is 9.96. The first-order chi connectivity index (χ1) is 8.53. The molecule has 0 aliphatic carbocycles. The van der Waals surface area contributed by atoms with Gasteiger partial charge in [0.05, 0.1) is 14.2 Å². The molecule has 0 aromatic heterocycles.